The summed E-state index contributed by atoms with van der Waals surface area (Å²) in [5.74, 6) is -2.38. The Hall–Kier alpha value is -1.78. The summed E-state index contributed by atoms with van der Waals surface area (Å²) in [6.45, 7) is 2.81. The molecule has 0 amide bonds. The highest BCUT2D eigenvalue weighted by Crippen LogP contribution is 2.43. The Morgan fingerprint density at radius 3 is 1.35 bits per heavy atom. The molecular formula is C42H80NO10P. The van der Waals surface area contributed by atoms with Gasteiger partial charge in [-0.05, 0) is 38.5 Å². The van der Waals surface area contributed by atoms with E-state index in [2.05, 4.69) is 30.5 Å². The Morgan fingerprint density at radius 2 is 0.926 bits per heavy atom. The second-order valence-electron chi connectivity index (χ2n) is 14.8. The first-order valence-electron chi connectivity index (χ1n) is 21.7. The van der Waals surface area contributed by atoms with E-state index >= 15 is 0 Å². The van der Waals surface area contributed by atoms with E-state index in [1.807, 2.05) is 0 Å². The number of rotatable bonds is 41. The maximum absolute atomic E-state index is 12.6. The zero-order valence-corrected chi connectivity index (χ0v) is 35.2. The minimum Gasteiger partial charge on any atom is -0.480 e. The molecule has 0 aliphatic carbocycles. The zero-order valence-electron chi connectivity index (χ0n) is 34.3. The molecule has 12 heteroatoms. The summed E-state index contributed by atoms with van der Waals surface area (Å²) >= 11 is 0. The number of phosphoric ester groups is 1. The molecule has 0 aliphatic rings. The maximum atomic E-state index is 12.6. The number of aliphatic carboxylic acids is 1. The third kappa shape index (κ3) is 37.2. The van der Waals surface area contributed by atoms with Crippen molar-refractivity contribution in [3.63, 3.8) is 0 Å². The first kappa shape index (κ1) is 52.2. The van der Waals surface area contributed by atoms with E-state index in [0.717, 1.165) is 57.8 Å². The lowest BCUT2D eigenvalue weighted by molar-refractivity contribution is -0.161. The van der Waals surface area contributed by atoms with Crippen molar-refractivity contribution in [1.29, 1.82) is 0 Å². The molecule has 0 saturated carbocycles. The average Bonchev–Trinajstić information content (AvgIpc) is 3.14. The highest BCUT2D eigenvalue weighted by Gasteiger charge is 2.28. The van der Waals surface area contributed by atoms with E-state index in [1.54, 1.807) is 0 Å². The van der Waals surface area contributed by atoms with Crippen LogP contribution in [0.15, 0.2) is 12.2 Å². The van der Waals surface area contributed by atoms with Crippen LogP contribution in [0.25, 0.3) is 0 Å². The van der Waals surface area contributed by atoms with Crippen LogP contribution in [0.5, 0.6) is 0 Å². The number of esters is 2. The largest absolute Gasteiger partial charge is 0.480 e. The first-order valence-corrected chi connectivity index (χ1v) is 23.2. The van der Waals surface area contributed by atoms with Crippen molar-refractivity contribution in [3.8, 4) is 0 Å². The van der Waals surface area contributed by atoms with Gasteiger partial charge >= 0.3 is 25.7 Å². The second kappa shape index (κ2) is 38.1. The monoisotopic (exact) mass is 790 g/mol. The molecule has 0 aliphatic heterocycles. The summed E-state index contributed by atoms with van der Waals surface area (Å²) in [7, 11) is -4.71. The molecule has 318 valence electrons. The summed E-state index contributed by atoms with van der Waals surface area (Å²) in [6.07, 6.45) is 37.0. The summed E-state index contributed by atoms with van der Waals surface area (Å²) in [4.78, 5) is 45.9. The van der Waals surface area contributed by atoms with Crippen LogP contribution < -0.4 is 5.73 Å². The predicted octanol–water partition coefficient (Wildman–Crippen LogP) is 11.3. The molecule has 0 aromatic heterocycles. The predicted molar refractivity (Wildman–Crippen MR) is 217 cm³/mol. The highest BCUT2D eigenvalue weighted by molar-refractivity contribution is 7.47. The lowest BCUT2D eigenvalue weighted by atomic mass is 10.0. The van der Waals surface area contributed by atoms with Gasteiger partial charge in [0.2, 0.25) is 0 Å². The van der Waals surface area contributed by atoms with Crippen LogP contribution >= 0.6 is 7.82 Å². The number of allylic oxidation sites excluding steroid dienone is 2. The smallest absolute Gasteiger partial charge is 0.472 e. The molecule has 0 spiro atoms. The highest BCUT2D eigenvalue weighted by atomic mass is 31.2. The normalized spacial score (nSPS) is 13.9. The Kier molecular flexibility index (Phi) is 36.9. The fraction of sp³-hybridized carbons (Fsp3) is 0.881. The van der Waals surface area contributed by atoms with Crippen LogP contribution in [-0.2, 0) is 37.5 Å². The minimum atomic E-state index is -4.71. The average molecular weight is 790 g/mol. The lowest BCUT2D eigenvalue weighted by Gasteiger charge is -2.20. The van der Waals surface area contributed by atoms with Gasteiger partial charge in [0, 0.05) is 12.8 Å². The van der Waals surface area contributed by atoms with E-state index in [-0.39, 0.29) is 19.4 Å². The van der Waals surface area contributed by atoms with Crippen molar-refractivity contribution in [3.05, 3.63) is 12.2 Å². The molecule has 0 aromatic rings. The van der Waals surface area contributed by atoms with E-state index in [9.17, 15) is 23.8 Å². The number of nitrogens with two attached hydrogens (primary N) is 1. The quantitative estimate of drug-likeness (QED) is 0.0233. The summed E-state index contributed by atoms with van der Waals surface area (Å²) < 4.78 is 32.7. The van der Waals surface area contributed by atoms with Crippen molar-refractivity contribution in [1.82, 2.24) is 0 Å². The standard InChI is InChI=1S/C42H80NO10P/c1-3-5-7-9-11-13-15-17-19-21-23-25-27-29-31-33-40(44)50-35-38(36-51-54(48,49)52-37-39(43)42(46)47)53-41(45)34-32-30-28-26-24-22-20-18-16-14-12-10-8-6-4-2/h18,20,38-39H,3-17,19,21-37,43H2,1-2H3,(H,46,47)(H,48,49)/b20-18+/t38-,39+/m1/s1. The topological polar surface area (TPSA) is 172 Å². The van der Waals surface area contributed by atoms with Crippen molar-refractivity contribution < 1.29 is 47.5 Å². The van der Waals surface area contributed by atoms with Crippen molar-refractivity contribution >= 4 is 25.7 Å². The SMILES string of the molecule is CCCCCCCC/C=C/CCCCCCCC(=O)O[C@H](COC(=O)CCCCCCCCCCCCCCCCC)COP(=O)(O)OC[C@H](N)C(=O)O. The summed E-state index contributed by atoms with van der Waals surface area (Å²) in [6, 6.07) is -1.52. The van der Waals surface area contributed by atoms with Gasteiger partial charge in [0.25, 0.3) is 0 Å². The molecule has 0 fully saturated rings. The molecule has 11 nitrogen and oxygen atoms in total. The van der Waals surface area contributed by atoms with Crippen molar-refractivity contribution in [2.24, 2.45) is 5.73 Å². The van der Waals surface area contributed by atoms with Crippen LogP contribution in [0.2, 0.25) is 0 Å². The number of carbonyl (C=O) groups excluding carboxylic acids is 2. The first-order chi connectivity index (χ1) is 26.1. The number of carboxylic acid groups (broad SMARTS) is 1. The van der Waals surface area contributed by atoms with Crippen molar-refractivity contribution in [2.75, 3.05) is 19.8 Å². The third-order valence-electron chi connectivity index (χ3n) is 9.51. The summed E-state index contributed by atoms with van der Waals surface area (Å²) in [5, 5.41) is 8.88. The molecule has 0 bridgehead atoms. The number of carbonyl (C=O) groups is 3. The molecule has 0 radical (unpaired) electrons. The van der Waals surface area contributed by atoms with Crippen LogP contribution in [0.3, 0.4) is 0 Å². The lowest BCUT2D eigenvalue weighted by Crippen LogP contribution is -2.34. The Balaban J connectivity index is 4.35. The van der Waals surface area contributed by atoms with Crippen LogP contribution in [0.1, 0.15) is 206 Å². The number of phosphoric acid groups is 1. The van der Waals surface area contributed by atoms with Crippen molar-refractivity contribution in [2.45, 2.75) is 219 Å². The molecule has 4 N–H and O–H groups in total. The van der Waals surface area contributed by atoms with Crippen LogP contribution in [-0.4, -0.2) is 59.9 Å². The van der Waals surface area contributed by atoms with Gasteiger partial charge in [-0.15, -0.1) is 0 Å². The van der Waals surface area contributed by atoms with Gasteiger partial charge in [-0.2, -0.15) is 0 Å². The number of unbranched alkanes of at least 4 members (excludes halogenated alkanes) is 25. The molecular weight excluding hydrogens is 709 g/mol. The fourth-order valence-electron chi connectivity index (χ4n) is 6.06. The Morgan fingerprint density at radius 1 is 0.556 bits per heavy atom. The molecule has 0 rings (SSSR count). The number of hydrogen-bond donors (Lipinski definition) is 3. The van der Waals surface area contributed by atoms with E-state index in [4.69, 9.17) is 24.8 Å². The summed E-state index contributed by atoms with van der Waals surface area (Å²) in [5.41, 5.74) is 5.33. The molecule has 0 aromatic carbocycles. The van der Waals surface area contributed by atoms with E-state index < -0.39 is 51.1 Å². The Bertz CT molecular complexity index is 979. The number of hydrogen-bond acceptors (Lipinski definition) is 9. The maximum Gasteiger partial charge on any atom is 0.472 e. The van der Waals surface area contributed by atoms with E-state index in [0.29, 0.717) is 12.8 Å². The molecule has 3 atom stereocenters. The van der Waals surface area contributed by atoms with Crippen LogP contribution in [0.4, 0.5) is 0 Å². The van der Waals surface area contributed by atoms with Crippen LogP contribution in [0, 0.1) is 0 Å². The van der Waals surface area contributed by atoms with Gasteiger partial charge < -0.3 is 25.2 Å². The fourth-order valence-corrected chi connectivity index (χ4v) is 6.84. The molecule has 54 heavy (non-hydrogen) atoms. The van der Waals surface area contributed by atoms with Gasteiger partial charge in [0.1, 0.15) is 12.6 Å². The number of carboxylic acids is 1. The molecule has 0 saturated heterocycles. The van der Waals surface area contributed by atoms with Gasteiger partial charge in [-0.25, -0.2) is 4.57 Å². The minimum absolute atomic E-state index is 0.155. The van der Waals surface area contributed by atoms with Gasteiger partial charge in [0.05, 0.1) is 13.2 Å². The van der Waals surface area contributed by atoms with Gasteiger partial charge in [-0.3, -0.25) is 23.4 Å². The van der Waals surface area contributed by atoms with Gasteiger partial charge in [-0.1, -0.05) is 167 Å². The zero-order chi connectivity index (χ0) is 40.0. The van der Waals surface area contributed by atoms with E-state index in [1.165, 1.54) is 109 Å². The van der Waals surface area contributed by atoms with Gasteiger partial charge in [0.15, 0.2) is 6.10 Å². The molecule has 0 heterocycles. The molecule has 1 unspecified atom stereocenters. The Labute approximate surface area is 328 Å². The number of ether oxygens (including phenoxy) is 2. The third-order valence-corrected chi connectivity index (χ3v) is 10.5. The second-order valence-corrected chi connectivity index (χ2v) is 16.3.